The zero-order valence-electron chi connectivity index (χ0n) is 9.81. The third kappa shape index (κ3) is 4.00. The molecule has 0 bridgehead atoms. The lowest BCUT2D eigenvalue weighted by atomic mass is 10.2. The van der Waals surface area contributed by atoms with Crippen LogP contribution in [-0.2, 0) is 10.0 Å². The summed E-state index contributed by atoms with van der Waals surface area (Å²) in [6.07, 6.45) is -2.69. The minimum atomic E-state index is -3.86. The normalized spacial score (nSPS) is 12.3. The fourth-order valence-corrected chi connectivity index (χ4v) is 3.67. The van der Waals surface area contributed by atoms with Gasteiger partial charge in [0.15, 0.2) is 0 Å². The van der Waals surface area contributed by atoms with E-state index in [0.717, 1.165) is 9.87 Å². The molecule has 0 unspecified atom stereocenters. The van der Waals surface area contributed by atoms with Crippen LogP contribution in [0.1, 0.15) is 5.56 Å². The molecule has 0 radical (unpaired) electrons. The van der Waals surface area contributed by atoms with Crippen molar-refractivity contribution in [3.8, 4) is 0 Å². The molecule has 0 aliphatic rings. The second kappa shape index (κ2) is 6.58. The van der Waals surface area contributed by atoms with E-state index in [1.807, 2.05) is 0 Å². The molecule has 0 saturated carbocycles. The van der Waals surface area contributed by atoms with Gasteiger partial charge in [-0.15, -0.1) is 0 Å². The highest BCUT2D eigenvalue weighted by molar-refractivity contribution is 9.09. The van der Waals surface area contributed by atoms with E-state index in [1.165, 1.54) is 12.1 Å². The van der Waals surface area contributed by atoms with Gasteiger partial charge in [0.25, 0.3) is 6.43 Å². The fourth-order valence-electron chi connectivity index (χ4n) is 1.48. The molecule has 1 aromatic carbocycles. The van der Waals surface area contributed by atoms with Crippen molar-refractivity contribution in [3.63, 3.8) is 0 Å². The van der Waals surface area contributed by atoms with Crippen molar-refractivity contribution in [2.45, 2.75) is 18.2 Å². The molecule has 18 heavy (non-hydrogen) atoms. The Kier molecular flexibility index (Phi) is 5.68. The number of alkyl halides is 3. The highest BCUT2D eigenvalue weighted by Gasteiger charge is 2.26. The van der Waals surface area contributed by atoms with Crippen LogP contribution in [-0.4, -0.2) is 37.6 Å². The Hall–Kier alpha value is -0.530. The maximum absolute atomic E-state index is 12.4. The largest absolute Gasteiger partial charge is 0.252 e. The van der Waals surface area contributed by atoms with Gasteiger partial charge in [0.05, 0.1) is 11.4 Å². The molecule has 1 rings (SSSR count). The van der Waals surface area contributed by atoms with Crippen molar-refractivity contribution in [2.24, 2.45) is 0 Å². The van der Waals surface area contributed by atoms with E-state index in [0.29, 0.717) is 5.33 Å². The lowest BCUT2D eigenvalue weighted by molar-refractivity contribution is 0.121. The number of aryl methyl sites for hydroxylation is 1. The number of sulfonamides is 1. The number of nitrogens with zero attached hydrogens (tertiary/aromatic N) is 1. The second-order valence-corrected chi connectivity index (χ2v) is 6.49. The molecular formula is C11H14BrF2NO2S. The maximum Gasteiger partial charge on any atom is 0.252 e. The minimum absolute atomic E-state index is 0.0145. The lowest BCUT2D eigenvalue weighted by Crippen LogP contribution is -2.36. The summed E-state index contributed by atoms with van der Waals surface area (Å²) in [5.74, 6) is 0. The molecule has 7 heteroatoms. The van der Waals surface area contributed by atoms with Crippen molar-refractivity contribution in [2.75, 3.05) is 18.4 Å². The van der Waals surface area contributed by atoms with Crippen molar-refractivity contribution in [3.05, 3.63) is 29.8 Å². The summed E-state index contributed by atoms with van der Waals surface area (Å²) >= 11 is 3.07. The lowest BCUT2D eigenvalue weighted by Gasteiger charge is -2.21. The molecule has 0 fully saturated rings. The van der Waals surface area contributed by atoms with E-state index in [9.17, 15) is 17.2 Å². The van der Waals surface area contributed by atoms with Crippen LogP contribution in [0, 0.1) is 6.92 Å². The number of rotatable bonds is 6. The Morgan fingerprint density at radius 2 is 2.06 bits per heavy atom. The molecule has 0 N–H and O–H groups in total. The third-order valence-corrected chi connectivity index (χ3v) is 4.52. The van der Waals surface area contributed by atoms with Crippen LogP contribution in [0.2, 0.25) is 0 Å². The van der Waals surface area contributed by atoms with Crippen LogP contribution in [0.3, 0.4) is 0 Å². The molecule has 0 aliphatic carbocycles. The van der Waals surface area contributed by atoms with Gasteiger partial charge in [-0.1, -0.05) is 28.1 Å². The molecule has 3 nitrogen and oxygen atoms in total. The third-order valence-electron chi connectivity index (χ3n) is 2.30. The smallest absolute Gasteiger partial charge is 0.209 e. The van der Waals surface area contributed by atoms with E-state index >= 15 is 0 Å². The first-order chi connectivity index (χ1) is 8.37. The van der Waals surface area contributed by atoms with E-state index in [1.54, 1.807) is 19.1 Å². The molecule has 0 heterocycles. The van der Waals surface area contributed by atoms with Crippen molar-refractivity contribution in [1.29, 1.82) is 0 Å². The molecule has 102 valence electrons. The standard InChI is InChI=1S/C11H14BrF2NO2S/c1-9-3-2-4-10(7-9)18(16,17)15(6-5-12)8-11(13)14/h2-4,7,11H,5-6,8H2,1H3. The SMILES string of the molecule is Cc1cccc(S(=O)(=O)N(CCBr)CC(F)F)c1. The monoisotopic (exact) mass is 341 g/mol. The fraction of sp³-hybridized carbons (Fsp3) is 0.455. The zero-order valence-corrected chi connectivity index (χ0v) is 12.2. The number of hydrogen-bond acceptors (Lipinski definition) is 2. The minimum Gasteiger partial charge on any atom is -0.209 e. The summed E-state index contributed by atoms with van der Waals surface area (Å²) in [7, 11) is -3.86. The van der Waals surface area contributed by atoms with Crippen LogP contribution in [0.5, 0.6) is 0 Å². The molecule has 1 aromatic rings. The first-order valence-corrected chi connectivity index (χ1v) is 7.85. The van der Waals surface area contributed by atoms with Gasteiger partial charge in [-0.3, -0.25) is 0 Å². The van der Waals surface area contributed by atoms with E-state index in [4.69, 9.17) is 0 Å². The molecular weight excluding hydrogens is 328 g/mol. The molecule has 0 saturated heterocycles. The average Bonchev–Trinajstić information content (AvgIpc) is 2.28. The van der Waals surface area contributed by atoms with Gasteiger partial charge in [-0.05, 0) is 24.6 Å². The van der Waals surface area contributed by atoms with Crippen LogP contribution >= 0.6 is 15.9 Å². The maximum atomic E-state index is 12.4. The van der Waals surface area contributed by atoms with Crippen LogP contribution in [0.15, 0.2) is 29.2 Å². The Morgan fingerprint density at radius 3 is 2.56 bits per heavy atom. The van der Waals surface area contributed by atoms with Crippen LogP contribution in [0.4, 0.5) is 8.78 Å². The average molecular weight is 342 g/mol. The predicted molar refractivity (Wildman–Crippen MR) is 69.7 cm³/mol. The van der Waals surface area contributed by atoms with Gasteiger partial charge in [0, 0.05) is 11.9 Å². The first kappa shape index (κ1) is 15.5. The highest BCUT2D eigenvalue weighted by atomic mass is 79.9. The number of halogens is 3. The Balaban J connectivity index is 3.08. The molecule has 0 atom stereocenters. The molecule has 0 amide bonds. The van der Waals surface area contributed by atoms with Crippen LogP contribution in [0.25, 0.3) is 0 Å². The summed E-state index contributed by atoms with van der Waals surface area (Å²) in [5, 5.41) is 0.310. The summed E-state index contributed by atoms with van der Waals surface area (Å²) in [6, 6.07) is 6.23. The van der Waals surface area contributed by atoms with E-state index in [2.05, 4.69) is 15.9 Å². The Labute approximate surface area is 114 Å². The zero-order chi connectivity index (χ0) is 13.8. The number of hydrogen-bond donors (Lipinski definition) is 0. The van der Waals surface area contributed by atoms with E-state index < -0.39 is 23.0 Å². The Bertz CT molecular complexity index is 494. The van der Waals surface area contributed by atoms with Gasteiger partial charge < -0.3 is 0 Å². The second-order valence-electron chi connectivity index (χ2n) is 3.76. The van der Waals surface area contributed by atoms with Gasteiger partial charge in [0.1, 0.15) is 0 Å². The first-order valence-electron chi connectivity index (χ1n) is 5.29. The van der Waals surface area contributed by atoms with Gasteiger partial charge in [0.2, 0.25) is 10.0 Å². The van der Waals surface area contributed by atoms with Gasteiger partial charge >= 0.3 is 0 Å². The van der Waals surface area contributed by atoms with E-state index in [-0.39, 0.29) is 11.4 Å². The topological polar surface area (TPSA) is 37.4 Å². The quantitative estimate of drug-likeness (QED) is 0.746. The summed E-state index contributed by atoms with van der Waals surface area (Å²) < 4.78 is 50.0. The van der Waals surface area contributed by atoms with Gasteiger partial charge in [-0.2, -0.15) is 4.31 Å². The van der Waals surface area contributed by atoms with Crippen molar-refractivity contribution >= 4 is 26.0 Å². The van der Waals surface area contributed by atoms with Crippen molar-refractivity contribution in [1.82, 2.24) is 4.31 Å². The van der Waals surface area contributed by atoms with Crippen LogP contribution < -0.4 is 0 Å². The Morgan fingerprint density at radius 1 is 1.39 bits per heavy atom. The summed E-state index contributed by atoms with van der Waals surface area (Å²) in [5.41, 5.74) is 0.770. The molecule has 0 spiro atoms. The molecule has 0 aromatic heterocycles. The van der Waals surface area contributed by atoms with Gasteiger partial charge in [-0.25, -0.2) is 17.2 Å². The highest BCUT2D eigenvalue weighted by Crippen LogP contribution is 2.18. The molecule has 0 aliphatic heterocycles. The summed E-state index contributed by atoms with van der Waals surface area (Å²) in [6.45, 7) is 0.976. The number of benzene rings is 1. The summed E-state index contributed by atoms with van der Waals surface area (Å²) in [4.78, 5) is 0.0455. The van der Waals surface area contributed by atoms with Crippen molar-refractivity contribution < 1.29 is 17.2 Å². The predicted octanol–water partition coefficient (Wildman–Crippen LogP) is 2.65.